The van der Waals surface area contributed by atoms with Gasteiger partial charge in [-0.3, -0.25) is 0 Å². The number of methoxy groups -OCH3 is 2. The smallest absolute Gasteiger partial charge is 0.496 e. The lowest BCUT2D eigenvalue weighted by Crippen LogP contribution is -2.46. The molecule has 2 aromatic carbocycles. The monoisotopic (exact) mass is 631 g/mol. The summed E-state index contributed by atoms with van der Waals surface area (Å²) in [5, 5.41) is 2.79. The topological polar surface area (TPSA) is 111 Å². The minimum atomic E-state index is -2.68. The highest BCUT2D eigenvalue weighted by Gasteiger charge is 2.39. The number of carbonyl (C=O) groups is 2. The van der Waals surface area contributed by atoms with Crippen molar-refractivity contribution in [3.63, 3.8) is 0 Å². The second-order valence-electron chi connectivity index (χ2n) is 9.75. The van der Waals surface area contributed by atoms with Gasteiger partial charge < -0.3 is 37.5 Å². The van der Waals surface area contributed by atoms with Gasteiger partial charge in [0.15, 0.2) is 0 Å². The first-order valence-electron chi connectivity index (χ1n) is 15.4. The van der Waals surface area contributed by atoms with E-state index in [1.54, 1.807) is 13.2 Å². The Bertz CT molecular complexity index is 1120. The Hall–Kier alpha value is -3.38. The predicted octanol–water partition coefficient (Wildman–Crippen LogP) is 6.65. The van der Waals surface area contributed by atoms with E-state index in [4.69, 9.17) is 27.5 Å². The number of esters is 1. The maximum atomic E-state index is 12.0. The Labute approximate surface area is 263 Å². The zero-order valence-corrected chi connectivity index (χ0v) is 27.9. The third-order valence-electron chi connectivity index (χ3n) is 6.58. The summed E-state index contributed by atoms with van der Waals surface area (Å²) in [5.74, 6) is 1.05. The van der Waals surface area contributed by atoms with Crippen LogP contribution in [-0.4, -0.2) is 74.7 Å². The van der Waals surface area contributed by atoms with Crippen molar-refractivity contribution in [1.82, 2.24) is 5.32 Å². The van der Waals surface area contributed by atoms with Crippen LogP contribution in [0.25, 0.3) is 17.2 Å². The van der Waals surface area contributed by atoms with Crippen molar-refractivity contribution in [2.45, 2.75) is 58.9 Å². The van der Waals surface area contributed by atoms with E-state index in [-0.39, 0.29) is 0 Å². The SMILES string of the molecule is CCO[Si](CCCNC(=O)OCCCCCCOc1ccc(-c2ccc(/C=C/C(=O)OC)c(OC)c2)cc1)(OCC)OCC. The Balaban J connectivity index is 1.61. The first-order valence-corrected chi connectivity index (χ1v) is 17.3. The molecule has 44 heavy (non-hydrogen) atoms. The van der Waals surface area contributed by atoms with Gasteiger partial charge in [0.05, 0.1) is 27.4 Å². The van der Waals surface area contributed by atoms with Crippen molar-refractivity contribution in [1.29, 1.82) is 0 Å². The summed E-state index contributed by atoms with van der Waals surface area (Å²) in [6, 6.07) is 14.4. The summed E-state index contributed by atoms with van der Waals surface area (Å²) < 4.78 is 38.8. The molecular weight excluding hydrogens is 582 g/mol. The number of hydrogen-bond acceptors (Lipinski definition) is 9. The van der Waals surface area contributed by atoms with Gasteiger partial charge in [-0.25, -0.2) is 9.59 Å². The van der Waals surface area contributed by atoms with Crippen molar-refractivity contribution in [3.8, 4) is 22.6 Å². The van der Waals surface area contributed by atoms with Crippen molar-refractivity contribution < 1.29 is 41.8 Å². The molecule has 0 fully saturated rings. The van der Waals surface area contributed by atoms with Crippen LogP contribution in [0.1, 0.15) is 58.4 Å². The molecule has 244 valence electrons. The van der Waals surface area contributed by atoms with E-state index in [0.29, 0.717) is 57.8 Å². The van der Waals surface area contributed by atoms with E-state index < -0.39 is 20.9 Å². The van der Waals surface area contributed by atoms with Crippen molar-refractivity contribution >= 4 is 26.9 Å². The van der Waals surface area contributed by atoms with Gasteiger partial charge in [0.1, 0.15) is 11.5 Å². The lowest BCUT2D eigenvalue weighted by atomic mass is 10.0. The third-order valence-corrected chi connectivity index (χ3v) is 9.74. The average Bonchev–Trinajstić information content (AvgIpc) is 3.03. The Kier molecular flexibility index (Phi) is 17.9. The highest BCUT2D eigenvalue weighted by atomic mass is 28.4. The summed E-state index contributed by atoms with van der Waals surface area (Å²) in [4.78, 5) is 23.4. The molecule has 0 aromatic heterocycles. The van der Waals surface area contributed by atoms with Crippen LogP contribution in [0, 0.1) is 0 Å². The van der Waals surface area contributed by atoms with Gasteiger partial charge in [-0.05, 0) is 88.3 Å². The molecule has 10 nitrogen and oxygen atoms in total. The first-order chi connectivity index (χ1) is 21.4. The van der Waals surface area contributed by atoms with Gasteiger partial charge in [0.25, 0.3) is 0 Å². The second kappa shape index (κ2) is 21.3. The normalized spacial score (nSPS) is 11.4. The van der Waals surface area contributed by atoms with Crippen LogP contribution in [0.3, 0.4) is 0 Å². The van der Waals surface area contributed by atoms with E-state index >= 15 is 0 Å². The standard InChI is InChI=1S/C33H49NO9Si/c1-6-41-44(42-7-2,43-8-3)25-13-22-34-33(36)40-24-12-10-9-11-23-39-30-19-16-27(17-20-30)29-15-14-28(31(26-29)37-4)18-21-32(35)38-5/h14-21,26H,6-13,22-25H2,1-5H3,(H,34,36)/b21-18+. The Morgan fingerprint density at radius 3 is 2.05 bits per heavy atom. The fourth-order valence-electron chi connectivity index (χ4n) is 4.46. The molecule has 0 radical (unpaired) electrons. The van der Waals surface area contributed by atoms with Crippen LogP contribution < -0.4 is 14.8 Å². The van der Waals surface area contributed by atoms with Gasteiger partial charge in [-0.2, -0.15) is 0 Å². The molecule has 2 rings (SSSR count). The summed E-state index contributed by atoms with van der Waals surface area (Å²) in [5.41, 5.74) is 2.81. The summed E-state index contributed by atoms with van der Waals surface area (Å²) in [6.45, 7) is 8.88. The van der Waals surface area contributed by atoms with E-state index in [2.05, 4.69) is 10.1 Å². The van der Waals surface area contributed by atoms with Crippen molar-refractivity contribution in [2.24, 2.45) is 0 Å². The number of benzene rings is 2. The number of carbonyl (C=O) groups excluding carboxylic acids is 2. The van der Waals surface area contributed by atoms with Gasteiger partial charge in [0, 0.05) is 44.0 Å². The molecule has 0 spiro atoms. The number of hydrogen-bond donors (Lipinski definition) is 1. The van der Waals surface area contributed by atoms with Gasteiger partial charge in [0.2, 0.25) is 0 Å². The van der Waals surface area contributed by atoms with Crippen LogP contribution in [0.2, 0.25) is 6.04 Å². The lowest BCUT2D eigenvalue weighted by molar-refractivity contribution is -0.134. The third kappa shape index (κ3) is 13.5. The zero-order valence-electron chi connectivity index (χ0n) is 26.9. The van der Waals surface area contributed by atoms with E-state index in [1.807, 2.05) is 63.2 Å². The number of amides is 1. The molecule has 0 unspecified atom stereocenters. The van der Waals surface area contributed by atoms with E-state index in [9.17, 15) is 9.59 Å². The lowest BCUT2D eigenvalue weighted by Gasteiger charge is -2.28. The molecule has 1 N–H and O–H groups in total. The molecule has 2 aromatic rings. The van der Waals surface area contributed by atoms with E-state index in [1.165, 1.54) is 13.2 Å². The molecule has 0 saturated heterocycles. The highest BCUT2D eigenvalue weighted by Crippen LogP contribution is 2.29. The minimum Gasteiger partial charge on any atom is -0.496 e. The fourth-order valence-corrected chi connectivity index (χ4v) is 7.07. The fraction of sp³-hybridized carbons (Fsp3) is 0.515. The summed E-state index contributed by atoms with van der Waals surface area (Å²) >= 11 is 0. The van der Waals surface area contributed by atoms with Crippen LogP contribution in [0.15, 0.2) is 48.5 Å². The number of alkyl carbamates (subject to hydrolysis) is 1. The second-order valence-corrected chi connectivity index (χ2v) is 12.5. The Morgan fingerprint density at radius 2 is 1.43 bits per heavy atom. The van der Waals surface area contributed by atoms with Gasteiger partial charge in [-0.15, -0.1) is 0 Å². The zero-order chi connectivity index (χ0) is 32.0. The number of unbranched alkanes of at least 4 members (excludes halogenated alkanes) is 3. The molecule has 0 atom stereocenters. The molecule has 1 amide bonds. The number of rotatable bonds is 22. The molecule has 0 aliphatic heterocycles. The minimum absolute atomic E-state index is 0.386. The molecule has 0 saturated carbocycles. The molecule has 0 aliphatic carbocycles. The quantitative estimate of drug-likeness (QED) is 0.0661. The van der Waals surface area contributed by atoms with Gasteiger partial charge >= 0.3 is 20.9 Å². The molecule has 0 heterocycles. The van der Waals surface area contributed by atoms with Gasteiger partial charge in [-0.1, -0.05) is 24.3 Å². The number of nitrogens with one attached hydrogen (secondary N) is 1. The molecular formula is C33H49NO9Si. The van der Waals surface area contributed by atoms with E-state index in [0.717, 1.165) is 48.1 Å². The van der Waals surface area contributed by atoms with Crippen LogP contribution in [0.4, 0.5) is 4.79 Å². The van der Waals surface area contributed by atoms with Crippen molar-refractivity contribution in [3.05, 3.63) is 54.1 Å². The predicted molar refractivity (Wildman–Crippen MR) is 173 cm³/mol. The maximum Gasteiger partial charge on any atom is 0.500 e. The van der Waals surface area contributed by atoms with Crippen LogP contribution in [0.5, 0.6) is 11.5 Å². The summed E-state index contributed by atoms with van der Waals surface area (Å²) in [7, 11) is 0.255. The largest absolute Gasteiger partial charge is 0.500 e. The molecule has 11 heteroatoms. The highest BCUT2D eigenvalue weighted by molar-refractivity contribution is 6.60. The summed E-state index contributed by atoms with van der Waals surface area (Å²) in [6.07, 6.45) is 6.98. The first kappa shape index (κ1) is 36.8. The average molecular weight is 632 g/mol. The van der Waals surface area contributed by atoms with Crippen LogP contribution >= 0.6 is 0 Å². The molecule has 0 bridgehead atoms. The maximum absolute atomic E-state index is 12.0. The number of ether oxygens (including phenoxy) is 4. The Morgan fingerprint density at radius 1 is 0.795 bits per heavy atom. The van der Waals surface area contributed by atoms with Crippen molar-refractivity contribution in [2.75, 3.05) is 53.8 Å². The van der Waals surface area contributed by atoms with Crippen LogP contribution in [-0.2, 0) is 27.5 Å². The molecule has 0 aliphatic rings.